The van der Waals surface area contributed by atoms with Gasteiger partial charge in [-0.2, -0.15) is 4.37 Å². The second-order valence-electron chi connectivity index (χ2n) is 9.57. The number of hydrogen-bond acceptors (Lipinski definition) is 6. The summed E-state index contributed by atoms with van der Waals surface area (Å²) in [6, 6.07) is 17.9. The number of ether oxygens (including phenoxy) is 1. The molecule has 1 aliphatic rings. The second kappa shape index (κ2) is 12.9. The van der Waals surface area contributed by atoms with E-state index in [4.69, 9.17) is 16.3 Å². The van der Waals surface area contributed by atoms with E-state index in [9.17, 15) is 9.59 Å². The summed E-state index contributed by atoms with van der Waals surface area (Å²) in [7, 11) is 0. The molecule has 3 aromatic carbocycles. The van der Waals surface area contributed by atoms with Gasteiger partial charge in [0.15, 0.2) is 0 Å². The molecule has 5 rings (SSSR count). The summed E-state index contributed by atoms with van der Waals surface area (Å²) < 4.78 is 25.4. The molecule has 4 aromatic rings. The fourth-order valence-corrected chi connectivity index (χ4v) is 5.77. The number of aromatic nitrogens is 1. The second-order valence-corrected chi connectivity index (χ2v) is 10.8. The van der Waals surface area contributed by atoms with E-state index < -0.39 is 23.4 Å². The summed E-state index contributed by atoms with van der Waals surface area (Å²) in [6.07, 6.45) is 2.52. The topological polar surface area (TPSA) is 98.3 Å². The van der Waals surface area contributed by atoms with Crippen molar-refractivity contribution in [2.45, 2.75) is 45.1 Å². The predicted molar refractivity (Wildman–Crippen MR) is 151 cm³/mol. The number of nitrogens with one attached hydrogen (secondary N) is 1. The van der Waals surface area contributed by atoms with Gasteiger partial charge in [0.25, 0.3) is 0 Å². The van der Waals surface area contributed by atoms with Crippen LogP contribution in [-0.4, -0.2) is 22.2 Å². The van der Waals surface area contributed by atoms with Crippen LogP contribution < -0.4 is 34.9 Å². The SMILES string of the molecule is Cc1cc(-c2ccc(C3([C-]=O)CC3)cc2)c(F)cc1-c1snc(C)c1NC(=O)O[C@H](C)c1ccccc1Cl.[Na+].[OH-]. The van der Waals surface area contributed by atoms with Crippen molar-refractivity contribution >= 4 is 41.2 Å². The van der Waals surface area contributed by atoms with Crippen LogP contribution in [0.4, 0.5) is 14.9 Å². The Morgan fingerprint density at radius 2 is 1.80 bits per heavy atom. The van der Waals surface area contributed by atoms with Gasteiger partial charge < -0.3 is 15.0 Å². The smallest absolute Gasteiger partial charge is 0.870 e. The molecule has 0 radical (unpaired) electrons. The molecule has 1 amide bonds. The van der Waals surface area contributed by atoms with E-state index in [2.05, 4.69) is 16.0 Å². The van der Waals surface area contributed by atoms with Crippen LogP contribution in [-0.2, 0) is 14.9 Å². The van der Waals surface area contributed by atoms with E-state index in [0.717, 1.165) is 29.5 Å². The van der Waals surface area contributed by atoms with Gasteiger partial charge in [-0.3, -0.25) is 11.6 Å². The zero-order chi connectivity index (χ0) is 27.0. The minimum atomic E-state index is -0.655. The Bertz CT molecular complexity index is 1540. The number of hydrogen-bond donors (Lipinski definition) is 1. The fraction of sp³-hybridized carbons (Fsp3) is 0.233. The Labute approximate surface area is 263 Å². The van der Waals surface area contributed by atoms with Crippen molar-refractivity contribution < 1.29 is 53.7 Å². The molecule has 1 fully saturated rings. The number of carbonyl (C=O) groups excluding carboxylic acids is 2. The molecule has 0 saturated heterocycles. The molecule has 202 valence electrons. The Morgan fingerprint density at radius 3 is 2.42 bits per heavy atom. The van der Waals surface area contributed by atoms with Gasteiger partial charge in [0.2, 0.25) is 0 Å². The van der Waals surface area contributed by atoms with Crippen LogP contribution in [0.1, 0.15) is 48.3 Å². The normalized spacial score (nSPS) is 13.8. The van der Waals surface area contributed by atoms with E-state index in [1.165, 1.54) is 17.6 Å². The van der Waals surface area contributed by atoms with Crippen molar-refractivity contribution in [3.8, 4) is 21.6 Å². The first kappa shape index (κ1) is 31.9. The van der Waals surface area contributed by atoms with Crippen LogP contribution in [0.5, 0.6) is 0 Å². The maximum absolute atomic E-state index is 15.4. The number of nitrogens with zero attached hydrogens (tertiary/aromatic N) is 1. The van der Waals surface area contributed by atoms with Crippen LogP contribution in [0, 0.1) is 19.7 Å². The standard InChI is InChI=1S/C30H25ClFN2O3S.Na.H2O/c1-17-14-24(20-8-10-21(11-9-20)30(16-35)12-13-30)26(32)15-23(17)28-27(18(2)34-38-28)33-29(36)37-19(3)22-6-4-5-7-25(22)31;;/h4-11,14-15,19H,12-13H2,1-3H3,(H,33,36);;1H2/q-1;+1;/p-1/t19-;;/m1../s1. The van der Waals surface area contributed by atoms with E-state index >= 15 is 4.39 Å². The van der Waals surface area contributed by atoms with Crippen molar-refractivity contribution in [2.75, 3.05) is 5.32 Å². The summed E-state index contributed by atoms with van der Waals surface area (Å²) in [5, 5.41) is 3.30. The Hall–Kier alpha value is -2.59. The van der Waals surface area contributed by atoms with E-state index in [0.29, 0.717) is 38.0 Å². The summed E-state index contributed by atoms with van der Waals surface area (Å²) in [5.41, 5.74) is 4.85. The number of anilines is 1. The minimum Gasteiger partial charge on any atom is -0.870 e. The number of carbonyl (C=O) groups is 1. The molecule has 2 N–H and O–H groups in total. The van der Waals surface area contributed by atoms with Gasteiger partial charge in [0, 0.05) is 21.7 Å². The molecule has 1 aliphatic carbocycles. The van der Waals surface area contributed by atoms with Gasteiger partial charge in [-0.25, -0.2) is 9.18 Å². The summed E-state index contributed by atoms with van der Waals surface area (Å²) >= 11 is 7.41. The van der Waals surface area contributed by atoms with Gasteiger partial charge in [0.05, 0.1) is 16.3 Å². The molecule has 1 atom stereocenters. The molecule has 6 nitrogen and oxygen atoms in total. The van der Waals surface area contributed by atoms with Crippen molar-refractivity contribution in [2.24, 2.45) is 0 Å². The Balaban J connectivity index is 0.00000220. The molecule has 0 spiro atoms. The molecule has 10 heteroatoms. The number of benzene rings is 3. The molecule has 1 heterocycles. The first-order valence-corrected chi connectivity index (χ1v) is 13.4. The Morgan fingerprint density at radius 1 is 1.12 bits per heavy atom. The average molecular weight is 588 g/mol. The molecule has 40 heavy (non-hydrogen) atoms. The monoisotopic (exact) mass is 587 g/mol. The zero-order valence-electron chi connectivity index (χ0n) is 22.5. The van der Waals surface area contributed by atoms with Crippen LogP contribution in [0.3, 0.4) is 0 Å². The van der Waals surface area contributed by atoms with Crippen molar-refractivity contribution in [1.29, 1.82) is 0 Å². The first-order valence-electron chi connectivity index (χ1n) is 12.2. The molecule has 0 aliphatic heterocycles. The number of aryl methyl sites for hydroxylation is 2. The quantitative estimate of drug-likeness (QED) is 0.238. The predicted octanol–water partition coefficient (Wildman–Crippen LogP) is 5.16. The van der Waals surface area contributed by atoms with Gasteiger partial charge >= 0.3 is 35.7 Å². The summed E-state index contributed by atoms with van der Waals surface area (Å²) in [6.45, 7) is 5.41. The zero-order valence-corrected chi connectivity index (χ0v) is 26.1. The average Bonchev–Trinajstić information content (AvgIpc) is 3.63. The third kappa shape index (κ3) is 6.33. The summed E-state index contributed by atoms with van der Waals surface area (Å²) in [5.74, 6) is -0.395. The fourth-order valence-electron chi connectivity index (χ4n) is 4.55. The largest absolute Gasteiger partial charge is 1.00 e. The van der Waals surface area contributed by atoms with Gasteiger partial charge in [-0.05, 0) is 61.6 Å². The third-order valence-corrected chi connectivity index (χ3v) is 8.29. The molecule has 1 saturated carbocycles. The number of rotatable bonds is 7. The molecular weight excluding hydrogens is 562 g/mol. The molecule has 1 aromatic heterocycles. The van der Waals surface area contributed by atoms with Crippen LogP contribution in [0.2, 0.25) is 5.02 Å². The van der Waals surface area contributed by atoms with E-state index in [-0.39, 0.29) is 35.0 Å². The van der Waals surface area contributed by atoms with E-state index in [1.807, 2.05) is 43.3 Å². The first-order chi connectivity index (χ1) is 18.2. The third-order valence-electron chi connectivity index (χ3n) is 6.97. The van der Waals surface area contributed by atoms with Gasteiger partial charge in [-0.1, -0.05) is 72.5 Å². The van der Waals surface area contributed by atoms with Crippen molar-refractivity contribution in [3.05, 3.63) is 93.9 Å². The molecule has 0 unspecified atom stereocenters. The number of amides is 1. The summed E-state index contributed by atoms with van der Waals surface area (Å²) in [4.78, 5) is 24.7. The van der Waals surface area contributed by atoms with E-state index in [1.54, 1.807) is 32.0 Å². The maximum Gasteiger partial charge on any atom is 1.00 e. The van der Waals surface area contributed by atoms with Gasteiger partial charge in [-0.15, -0.1) is 5.41 Å². The molecular formula is C30H26ClFN2NaO4S-. The van der Waals surface area contributed by atoms with Crippen LogP contribution in [0.15, 0.2) is 60.7 Å². The minimum absolute atomic E-state index is 0. The molecule has 0 bridgehead atoms. The van der Waals surface area contributed by atoms with Crippen LogP contribution in [0.25, 0.3) is 21.6 Å². The number of halogens is 2. The maximum atomic E-state index is 15.4. The van der Waals surface area contributed by atoms with Crippen LogP contribution >= 0.6 is 23.1 Å². The van der Waals surface area contributed by atoms with Crippen molar-refractivity contribution in [1.82, 2.24) is 4.37 Å². The van der Waals surface area contributed by atoms with Gasteiger partial charge in [0.1, 0.15) is 11.9 Å². The van der Waals surface area contributed by atoms with Crippen molar-refractivity contribution in [3.63, 3.8) is 0 Å². The Kier molecular flexibility index (Phi) is 10.3.